The Balaban J connectivity index is -0.0000000536. The van der Waals surface area contributed by atoms with Crippen molar-refractivity contribution in [1.29, 1.82) is 0 Å². The molecule has 0 aromatic heterocycles. The van der Waals surface area contributed by atoms with Gasteiger partial charge in [-0.25, -0.2) is 15.3 Å². The predicted octanol–water partition coefficient (Wildman–Crippen LogP) is 1.93. The van der Waals surface area contributed by atoms with Crippen LogP contribution in [0.1, 0.15) is 1.43 Å². The van der Waals surface area contributed by atoms with Crippen molar-refractivity contribution >= 4 is 23.9 Å². The van der Waals surface area contributed by atoms with E-state index in [4.69, 9.17) is 0 Å². The summed E-state index contributed by atoms with van der Waals surface area (Å²) in [6.07, 6.45) is 0. The molecule has 0 fully saturated rings. The van der Waals surface area contributed by atoms with Gasteiger partial charge in [0.15, 0.2) is 0 Å². The van der Waals surface area contributed by atoms with Gasteiger partial charge < -0.3 is 14.2 Å². The van der Waals surface area contributed by atoms with Crippen LogP contribution in [0.25, 0.3) is 0 Å². The Labute approximate surface area is 131 Å². The van der Waals surface area contributed by atoms with Gasteiger partial charge in [-0.3, -0.25) is 0 Å². The SMILES string of the molecule is C=C=C([O])OC.C=C=C([O])OC.C=C=C([O])OC.[HH].[Sn]. The Morgan fingerprint density at radius 3 is 0.895 bits per heavy atom. The first-order valence-electron chi connectivity index (χ1n) is 4.26. The summed E-state index contributed by atoms with van der Waals surface area (Å²) in [5, 5.41) is 29.4. The number of ether oxygens (including phenoxy) is 3. The van der Waals surface area contributed by atoms with Crippen LogP contribution in [-0.4, -0.2) is 45.2 Å². The van der Waals surface area contributed by atoms with Crippen molar-refractivity contribution in [2.24, 2.45) is 0 Å². The summed E-state index contributed by atoms with van der Waals surface area (Å²) in [4.78, 5) is 0. The number of methoxy groups -OCH3 is 3. The Morgan fingerprint density at radius 1 is 0.737 bits per heavy atom. The van der Waals surface area contributed by atoms with Crippen molar-refractivity contribution in [2.75, 3.05) is 21.3 Å². The Morgan fingerprint density at radius 2 is 0.895 bits per heavy atom. The molecule has 0 N–H and O–H groups in total. The number of hydrogen-bond donors (Lipinski definition) is 0. The smallest absolute Gasteiger partial charge is 0.375 e. The van der Waals surface area contributed by atoms with Crippen LogP contribution in [0.15, 0.2) is 54.8 Å². The molecule has 0 amide bonds. The molecular formula is C12H17O6Sn. The van der Waals surface area contributed by atoms with E-state index in [9.17, 15) is 15.3 Å². The van der Waals surface area contributed by atoms with Gasteiger partial charge in [-0.05, 0) is 36.9 Å². The normalized spacial score (nSPS) is 5.84. The summed E-state index contributed by atoms with van der Waals surface area (Å²) in [7, 11) is 3.83. The van der Waals surface area contributed by atoms with E-state index >= 15 is 0 Å². The van der Waals surface area contributed by atoms with Crippen LogP contribution in [0.4, 0.5) is 0 Å². The topological polar surface area (TPSA) is 87.4 Å². The Kier molecular flexibility index (Phi) is 29.2. The van der Waals surface area contributed by atoms with Crippen molar-refractivity contribution in [3.8, 4) is 0 Å². The van der Waals surface area contributed by atoms with Crippen LogP contribution in [0.3, 0.4) is 0 Å². The molecular weight excluding hydrogens is 359 g/mol. The minimum atomic E-state index is -0.519. The minimum absolute atomic E-state index is 0. The molecule has 19 heavy (non-hydrogen) atoms. The average molecular weight is 376 g/mol. The molecule has 105 valence electrons. The van der Waals surface area contributed by atoms with E-state index in [2.05, 4.69) is 33.9 Å². The molecule has 7 heteroatoms. The summed E-state index contributed by atoms with van der Waals surface area (Å²) in [5.74, 6) is -1.56. The minimum Gasteiger partial charge on any atom is -0.460 e. The maximum absolute atomic E-state index is 9.78. The zero-order valence-corrected chi connectivity index (χ0v) is 13.9. The van der Waals surface area contributed by atoms with Crippen molar-refractivity contribution in [3.05, 3.63) is 54.8 Å². The number of hydrogen-bond acceptors (Lipinski definition) is 3. The van der Waals surface area contributed by atoms with E-state index in [0.29, 0.717) is 0 Å². The van der Waals surface area contributed by atoms with Gasteiger partial charge in [0.05, 0.1) is 21.3 Å². The molecule has 0 aromatic carbocycles. The van der Waals surface area contributed by atoms with E-state index in [1.807, 2.05) is 17.2 Å². The van der Waals surface area contributed by atoms with Gasteiger partial charge >= 0.3 is 17.8 Å². The average Bonchev–Trinajstić information content (AvgIpc) is 2.45. The van der Waals surface area contributed by atoms with Crippen LogP contribution in [0, 0.1) is 0 Å². The van der Waals surface area contributed by atoms with Gasteiger partial charge in [0, 0.05) is 25.3 Å². The summed E-state index contributed by atoms with van der Waals surface area (Å²) in [5.41, 5.74) is 6.01. The van der Waals surface area contributed by atoms with Crippen LogP contribution in [0.2, 0.25) is 0 Å². The molecule has 7 radical (unpaired) electrons. The molecule has 0 saturated carbocycles. The van der Waals surface area contributed by atoms with E-state index < -0.39 is 17.8 Å². The Hall–Kier alpha value is -1.84. The fourth-order valence-corrected chi connectivity index (χ4v) is 0.217. The molecule has 0 aliphatic carbocycles. The summed E-state index contributed by atoms with van der Waals surface area (Å²) < 4.78 is 12.3. The second-order valence-corrected chi connectivity index (χ2v) is 2.01. The fourth-order valence-electron chi connectivity index (χ4n) is 0.217. The quantitative estimate of drug-likeness (QED) is 0.429. The van der Waals surface area contributed by atoms with Crippen molar-refractivity contribution in [3.63, 3.8) is 0 Å². The van der Waals surface area contributed by atoms with Crippen molar-refractivity contribution < 1.29 is 31.0 Å². The molecule has 0 spiro atoms. The van der Waals surface area contributed by atoms with Crippen LogP contribution >= 0.6 is 0 Å². The van der Waals surface area contributed by atoms with E-state index in [1.165, 1.54) is 21.3 Å². The summed E-state index contributed by atoms with van der Waals surface area (Å²) >= 11 is 0. The van der Waals surface area contributed by atoms with Crippen molar-refractivity contribution in [2.45, 2.75) is 0 Å². The number of rotatable bonds is 3. The fraction of sp³-hybridized carbons (Fsp3) is 0.250. The largest absolute Gasteiger partial charge is 0.460 e. The van der Waals surface area contributed by atoms with Gasteiger partial charge in [0.1, 0.15) is 0 Å². The Bertz CT molecular complexity index is 307. The molecule has 0 rings (SSSR count). The van der Waals surface area contributed by atoms with Gasteiger partial charge in [-0.2, -0.15) is 0 Å². The van der Waals surface area contributed by atoms with E-state index in [1.54, 1.807) is 0 Å². The third-order valence-electron chi connectivity index (χ3n) is 0.989. The van der Waals surface area contributed by atoms with Gasteiger partial charge in [-0.1, -0.05) is 0 Å². The molecule has 0 saturated heterocycles. The van der Waals surface area contributed by atoms with Gasteiger partial charge in [0.2, 0.25) is 0 Å². The van der Waals surface area contributed by atoms with Crippen LogP contribution in [-0.2, 0) is 29.5 Å². The molecule has 0 atom stereocenters. The molecule has 0 aliphatic heterocycles. The van der Waals surface area contributed by atoms with E-state index in [0.717, 1.165) is 0 Å². The molecule has 0 bridgehead atoms. The van der Waals surface area contributed by atoms with Crippen LogP contribution < -0.4 is 0 Å². The van der Waals surface area contributed by atoms with Gasteiger partial charge in [0.25, 0.3) is 0 Å². The molecule has 0 unspecified atom stereocenters. The molecule has 6 nitrogen and oxygen atoms in total. The third kappa shape index (κ3) is 31.4. The van der Waals surface area contributed by atoms with E-state index in [-0.39, 0.29) is 25.3 Å². The summed E-state index contributed by atoms with van der Waals surface area (Å²) in [6.45, 7) is 9.10. The maximum atomic E-state index is 9.78. The van der Waals surface area contributed by atoms with Crippen LogP contribution in [0.5, 0.6) is 0 Å². The standard InChI is InChI=1S/3C4H5O2.Sn.H2/c3*1-3-4(5)6-2;;/h3*1H2,2H3;;1H. The maximum Gasteiger partial charge on any atom is 0.375 e. The zero-order valence-electron chi connectivity index (χ0n) is 11.1. The summed E-state index contributed by atoms with van der Waals surface area (Å²) in [6, 6.07) is 0. The molecule has 0 heterocycles. The molecule has 0 aromatic rings. The second kappa shape index (κ2) is 21.4. The monoisotopic (exact) mass is 377 g/mol. The predicted molar refractivity (Wildman–Crippen MR) is 68.9 cm³/mol. The first kappa shape index (κ1) is 25.9. The second-order valence-electron chi connectivity index (χ2n) is 2.01. The first-order chi connectivity index (χ1) is 8.42. The zero-order chi connectivity index (χ0) is 15.0. The van der Waals surface area contributed by atoms with Crippen molar-refractivity contribution in [1.82, 2.24) is 0 Å². The molecule has 0 aliphatic rings. The van der Waals surface area contributed by atoms with Gasteiger partial charge in [-0.15, -0.1) is 0 Å². The third-order valence-corrected chi connectivity index (χ3v) is 0.989. The first-order valence-corrected chi connectivity index (χ1v) is 4.26.